The Labute approximate surface area is 131 Å². The van der Waals surface area contributed by atoms with Crippen LogP contribution in [0.5, 0.6) is 0 Å². The lowest BCUT2D eigenvalue weighted by Crippen LogP contribution is -2.29. The van der Waals surface area contributed by atoms with Gasteiger partial charge in [0.2, 0.25) is 0 Å². The molecule has 0 spiro atoms. The van der Waals surface area contributed by atoms with Crippen molar-refractivity contribution in [2.24, 2.45) is 0 Å². The van der Waals surface area contributed by atoms with Crippen molar-refractivity contribution in [3.05, 3.63) is 71.3 Å². The van der Waals surface area contributed by atoms with E-state index >= 15 is 0 Å². The number of halogens is 2. The van der Waals surface area contributed by atoms with Crippen LogP contribution >= 0.6 is 0 Å². The van der Waals surface area contributed by atoms with Crippen LogP contribution in [0, 0.1) is 11.6 Å². The molecule has 2 rings (SSSR count). The van der Waals surface area contributed by atoms with E-state index in [9.17, 15) is 18.1 Å². The van der Waals surface area contributed by atoms with E-state index in [1.54, 1.807) is 38.1 Å². The fourth-order valence-electron chi connectivity index (χ4n) is 2.20. The monoisotopic (exact) mass is 324 g/mol. The first-order chi connectivity index (χ1) is 10.3. The molecular weight excluding hydrogens is 306 g/mol. The molecule has 0 unspecified atom stereocenters. The van der Waals surface area contributed by atoms with Crippen molar-refractivity contribution >= 4 is 10.8 Å². The van der Waals surface area contributed by atoms with Gasteiger partial charge in [-0.15, -0.1) is 0 Å². The highest BCUT2D eigenvalue weighted by Crippen LogP contribution is 2.30. The zero-order valence-electron chi connectivity index (χ0n) is 12.4. The molecule has 118 valence electrons. The Hall–Kier alpha value is -1.59. The van der Waals surface area contributed by atoms with E-state index in [2.05, 4.69) is 0 Å². The topological polar surface area (TPSA) is 37.3 Å². The molecule has 0 aliphatic heterocycles. The van der Waals surface area contributed by atoms with Crippen molar-refractivity contribution in [3.8, 4) is 0 Å². The van der Waals surface area contributed by atoms with Gasteiger partial charge in [-0.3, -0.25) is 4.21 Å². The summed E-state index contributed by atoms with van der Waals surface area (Å²) >= 11 is 0. The summed E-state index contributed by atoms with van der Waals surface area (Å²) in [5.41, 5.74) is 0.231. The van der Waals surface area contributed by atoms with E-state index < -0.39 is 21.7 Å². The summed E-state index contributed by atoms with van der Waals surface area (Å²) < 4.78 is 38.9. The van der Waals surface area contributed by atoms with Gasteiger partial charge >= 0.3 is 0 Å². The van der Waals surface area contributed by atoms with E-state index in [1.165, 1.54) is 24.3 Å². The molecule has 0 radical (unpaired) electrons. The van der Waals surface area contributed by atoms with E-state index in [0.29, 0.717) is 11.1 Å². The lowest BCUT2D eigenvalue weighted by molar-refractivity contribution is 0.106. The fourth-order valence-corrected chi connectivity index (χ4v) is 3.99. The average molecular weight is 324 g/mol. The molecule has 1 N–H and O–H groups in total. The Morgan fingerprint density at radius 1 is 0.955 bits per heavy atom. The van der Waals surface area contributed by atoms with Crippen molar-refractivity contribution in [2.75, 3.05) is 5.75 Å². The largest absolute Gasteiger partial charge is 0.390 e. The van der Waals surface area contributed by atoms with Crippen molar-refractivity contribution in [2.45, 2.75) is 24.7 Å². The number of benzene rings is 2. The van der Waals surface area contributed by atoms with Gasteiger partial charge in [-0.1, -0.05) is 24.3 Å². The predicted molar refractivity (Wildman–Crippen MR) is 84.0 cm³/mol. The molecule has 2 aromatic rings. The maximum absolute atomic E-state index is 13.1. The van der Waals surface area contributed by atoms with Gasteiger partial charge in [0, 0.05) is 10.8 Å². The van der Waals surface area contributed by atoms with Crippen LogP contribution in [-0.2, 0) is 10.8 Å². The van der Waals surface area contributed by atoms with Crippen molar-refractivity contribution in [3.63, 3.8) is 0 Å². The van der Waals surface area contributed by atoms with Crippen LogP contribution in [0.15, 0.2) is 48.5 Å². The second kappa shape index (κ2) is 6.67. The molecule has 22 heavy (non-hydrogen) atoms. The highest BCUT2D eigenvalue weighted by molar-refractivity contribution is 7.85. The molecule has 5 heteroatoms. The maximum Gasteiger partial charge on any atom is 0.123 e. The third-order valence-electron chi connectivity index (χ3n) is 3.10. The van der Waals surface area contributed by atoms with Crippen LogP contribution in [0.4, 0.5) is 8.78 Å². The van der Waals surface area contributed by atoms with Crippen LogP contribution in [0.1, 0.15) is 30.2 Å². The maximum atomic E-state index is 13.1. The van der Waals surface area contributed by atoms with Gasteiger partial charge in [0.15, 0.2) is 0 Å². The van der Waals surface area contributed by atoms with Gasteiger partial charge in [-0.05, 0) is 49.2 Å². The highest BCUT2D eigenvalue weighted by atomic mass is 32.2. The van der Waals surface area contributed by atoms with Crippen molar-refractivity contribution < 1.29 is 18.1 Å². The molecule has 0 aliphatic rings. The second-order valence-corrected chi connectivity index (χ2v) is 7.34. The predicted octanol–water partition coefficient (Wildman–Crippen LogP) is 3.57. The van der Waals surface area contributed by atoms with Gasteiger partial charge in [-0.25, -0.2) is 8.78 Å². The Kier molecular flexibility index (Phi) is 5.08. The van der Waals surface area contributed by atoms with E-state index in [0.717, 1.165) is 0 Å². The SMILES string of the molecule is CC(C)(O)C[S@@](=O)C(c1ccc(F)cc1)c1ccc(F)cc1. The average Bonchev–Trinajstić information content (AvgIpc) is 2.41. The van der Waals surface area contributed by atoms with E-state index in [1.807, 2.05) is 0 Å². The first-order valence-electron chi connectivity index (χ1n) is 6.87. The van der Waals surface area contributed by atoms with Gasteiger partial charge in [0.1, 0.15) is 11.6 Å². The van der Waals surface area contributed by atoms with Gasteiger partial charge in [-0.2, -0.15) is 0 Å². The van der Waals surface area contributed by atoms with Crippen LogP contribution < -0.4 is 0 Å². The quantitative estimate of drug-likeness (QED) is 0.913. The third kappa shape index (κ3) is 4.45. The minimum absolute atomic E-state index is 0.0619. The van der Waals surface area contributed by atoms with E-state index in [4.69, 9.17) is 0 Å². The molecule has 0 saturated heterocycles. The third-order valence-corrected chi connectivity index (χ3v) is 5.16. The lowest BCUT2D eigenvalue weighted by atomic mass is 10.0. The Morgan fingerprint density at radius 2 is 1.32 bits per heavy atom. The van der Waals surface area contributed by atoms with Gasteiger partial charge in [0.25, 0.3) is 0 Å². The molecule has 0 fully saturated rings. The molecule has 0 saturated carbocycles. The normalized spacial score (nSPS) is 13.4. The highest BCUT2D eigenvalue weighted by Gasteiger charge is 2.26. The molecule has 1 atom stereocenters. The van der Waals surface area contributed by atoms with Crippen LogP contribution in [0.3, 0.4) is 0 Å². The van der Waals surface area contributed by atoms with E-state index in [-0.39, 0.29) is 17.4 Å². The summed E-state index contributed by atoms with van der Waals surface area (Å²) in [6, 6.07) is 11.4. The fraction of sp³-hybridized carbons (Fsp3) is 0.294. The Morgan fingerprint density at radius 3 is 1.64 bits per heavy atom. The van der Waals surface area contributed by atoms with Gasteiger partial charge < -0.3 is 5.11 Å². The van der Waals surface area contributed by atoms with Gasteiger partial charge in [0.05, 0.1) is 16.6 Å². The molecule has 0 amide bonds. The molecule has 0 aromatic heterocycles. The molecule has 0 heterocycles. The summed E-state index contributed by atoms with van der Waals surface area (Å²) in [7, 11) is -1.44. The molecule has 0 bridgehead atoms. The smallest absolute Gasteiger partial charge is 0.123 e. The number of rotatable bonds is 5. The van der Waals surface area contributed by atoms with Crippen molar-refractivity contribution in [1.82, 2.24) is 0 Å². The van der Waals surface area contributed by atoms with Crippen LogP contribution in [0.25, 0.3) is 0 Å². The summed E-state index contributed by atoms with van der Waals surface area (Å²) in [4.78, 5) is 0. The summed E-state index contributed by atoms with van der Waals surface area (Å²) in [5, 5.41) is 9.36. The summed E-state index contributed by atoms with van der Waals surface area (Å²) in [6.45, 7) is 3.16. The summed E-state index contributed by atoms with van der Waals surface area (Å²) in [5.74, 6) is -0.698. The molecular formula is C17H18F2O2S. The first-order valence-corrected chi connectivity index (χ1v) is 8.25. The minimum Gasteiger partial charge on any atom is -0.390 e. The zero-order valence-corrected chi connectivity index (χ0v) is 13.2. The number of hydrogen-bond acceptors (Lipinski definition) is 2. The van der Waals surface area contributed by atoms with Crippen LogP contribution in [-0.4, -0.2) is 20.7 Å². The Balaban J connectivity index is 2.42. The number of hydrogen-bond donors (Lipinski definition) is 1. The van der Waals surface area contributed by atoms with Crippen molar-refractivity contribution in [1.29, 1.82) is 0 Å². The summed E-state index contributed by atoms with van der Waals surface area (Å²) in [6.07, 6.45) is 0. The minimum atomic E-state index is -1.44. The zero-order chi connectivity index (χ0) is 16.3. The molecule has 2 nitrogen and oxygen atoms in total. The second-order valence-electron chi connectivity index (χ2n) is 5.82. The van der Waals surface area contributed by atoms with Crippen LogP contribution in [0.2, 0.25) is 0 Å². The first kappa shape index (κ1) is 16.8. The number of aliphatic hydroxyl groups is 1. The lowest BCUT2D eigenvalue weighted by Gasteiger charge is -2.23. The Bertz CT molecular complexity index is 600. The standard InChI is InChI=1S/C17H18F2O2S/c1-17(2,20)11-22(21)16(12-3-7-14(18)8-4-12)13-5-9-15(19)10-6-13/h3-10,16,20H,11H2,1-2H3/t22-/m1/s1. The molecule has 0 aliphatic carbocycles. The molecule has 2 aromatic carbocycles.